The topological polar surface area (TPSA) is 58.8 Å². The third kappa shape index (κ3) is 5.11. The zero-order valence-electron chi connectivity index (χ0n) is 16.6. The summed E-state index contributed by atoms with van der Waals surface area (Å²) in [6.07, 6.45) is 8.45. The first-order valence-corrected chi connectivity index (χ1v) is 10.5. The van der Waals surface area contributed by atoms with Gasteiger partial charge < -0.3 is 15.4 Å². The predicted molar refractivity (Wildman–Crippen MR) is 113 cm³/mol. The predicted octanol–water partition coefficient (Wildman–Crippen LogP) is 2.70. The van der Waals surface area contributed by atoms with Gasteiger partial charge >= 0.3 is 0 Å². The van der Waals surface area contributed by atoms with Gasteiger partial charge in [-0.2, -0.15) is 0 Å². The van der Waals surface area contributed by atoms with Gasteiger partial charge in [0, 0.05) is 44.2 Å². The number of morpholine rings is 1. The van der Waals surface area contributed by atoms with Crippen molar-refractivity contribution in [3.63, 3.8) is 0 Å². The van der Waals surface area contributed by atoms with Gasteiger partial charge in [-0.3, -0.25) is 9.69 Å². The highest BCUT2D eigenvalue weighted by molar-refractivity contribution is 5.85. The summed E-state index contributed by atoms with van der Waals surface area (Å²) in [6, 6.07) is 0.987. The SMILES string of the molecule is CC1CN(C2CCN(C(=O)C3CC4CCCC(C3)C4N)CC2)CCO1.Cl.Cl. The van der Waals surface area contributed by atoms with Crippen molar-refractivity contribution in [2.75, 3.05) is 32.8 Å². The van der Waals surface area contributed by atoms with Gasteiger partial charge in [0.15, 0.2) is 0 Å². The van der Waals surface area contributed by atoms with E-state index < -0.39 is 0 Å². The van der Waals surface area contributed by atoms with Gasteiger partial charge in [-0.25, -0.2) is 0 Å². The molecule has 0 spiro atoms. The molecule has 0 radical (unpaired) electrons. The molecule has 4 fully saturated rings. The van der Waals surface area contributed by atoms with Gasteiger partial charge in [0.25, 0.3) is 0 Å². The van der Waals surface area contributed by atoms with Gasteiger partial charge in [-0.15, -0.1) is 24.8 Å². The summed E-state index contributed by atoms with van der Waals surface area (Å²) in [7, 11) is 0. The van der Waals surface area contributed by atoms with E-state index in [2.05, 4.69) is 16.7 Å². The first-order chi connectivity index (χ1) is 12.1. The Labute approximate surface area is 176 Å². The van der Waals surface area contributed by atoms with Crippen molar-refractivity contribution in [2.45, 2.75) is 70.1 Å². The summed E-state index contributed by atoms with van der Waals surface area (Å²) < 4.78 is 5.67. The molecule has 4 rings (SSSR count). The highest BCUT2D eigenvalue weighted by Crippen LogP contribution is 2.42. The first kappa shape index (κ1) is 23.2. The molecule has 2 heterocycles. The van der Waals surface area contributed by atoms with Crippen LogP contribution < -0.4 is 5.73 Å². The molecule has 27 heavy (non-hydrogen) atoms. The van der Waals surface area contributed by atoms with Crippen LogP contribution in [0, 0.1) is 17.8 Å². The summed E-state index contributed by atoms with van der Waals surface area (Å²) in [4.78, 5) is 17.8. The van der Waals surface area contributed by atoms with Crippen molar-refractivity contribution < 1.29 is 9.53 Å². The van der Waals surface area contributed by atoms with Gasteiger partial charge in [-0.1, -0.05) is 6.42 Å². The van der Waals surface area contributed by atoms with E-state index in [1.54, 1.807) is 0 Å². The van der Waals surface area contributed by atoms with Crippen LogP contribution in [0.5, 0.6) is 0 Å². The fourth-order valence-electron chi connectivity index (χ4n) is 5.88. The molecule has 3 unspecified atom stereocenters. The lowest BCUT2D eigenvalue weighted by molar-refractivity contribution is -0.140. The number of halogens is 2. The molecule has 2 aliphatic carbocycles. The van der Waals surface area contributed by atoms with E-state index in [1.165, 1.54) is 19.3 Å². The maximum Gasteiger partial charge on any atom is 0.225 e. The summed E-state index contributed by atoms with van der Waals surface area (Å²) in [5.74, 6) is 1.86. The third-order valence-corrected chi connectivity index (χ3v) is 7.33. The molecule has 2 saturated heterocycles. The Morgan fingerprint density at radius 1 is 1.00 bits per heavy atom. The smallest absolute Gasteiger partial charge is 0.225 e. The van der Waals surface area contributed by atoms with Crippen molar-refractivity contribution >= 4 is 30.7 Å². The van der Waals surface area contributed by atoms with E-state index in [0.717, 1.165) is 58.5 Å². The molecule has 1 amide bonds. The second-order valence-electron chi connectivity index (χ2n) is 8.93. The minimum absolute atomic E-state index is 0. The van der Waals surface area contributed by atoms with Crippen LogP contribution in [0.25, 0.3) is 0 Å². The quantitative estimate of drug-likeness (QED) is 0.744. The second kappa shape index (κ2) is 10.1. The Morgan fingerprint density at radius 3 is 2.22 bits per heavy atom. The number of hydrogen-bond donors (Lipinski definition) is 1. The zero-order valence-corrected chi connectivity index (χ0v) is 18.2. The van der Waals surface area contributed by atoms with Crippen LogP contribution in [0.4, 0.5) is 0 Å². The number of carbonyl (C=O) groups is 1. The number of hydrogen-bond acceptors (Lipinski definition) is 4. The molecule has 5 nitrogen and oxygen atoms in total. The molecule has 2 saturated carbocycles. The van der Waals surface area contributed by atoms with E-state index in [-0.39, 0.29) is 30.7 Å². The first-order valence-electron chi connectivity index (χ1n) is 10.5. The Bertz CT molecular complexity index is 474. The number of nitrogens with two attached hydrogens (primary N) is 1. The third-order valence-electron chi connectivity index (χ3n) is 7.33. The van der Waals surface area contributed by atoms with Gasteiger partial charge in [0.2, 0.25) is 5.91 Å². The number of likely N-dealkylation sites (tertiary alicyclic amines) is 1. The molecule has 0 aromatic carbocycles. The summed E-state index contributed by atoms with van der Waals surface area (Å²) >= 11 is 0. The standard InChI is InChI=1S/C20H35N3O2.2ClH/c1-14-13-23(9-10-25-14)18-5-7-22(8-6-18)20(24)17-11-15-3-2-4-16(12-17)19(15)21;;/h14-19H,2-13,21H2,1H3;2*1H. The van der Waals surface area contributed by atoms with Crippen LogP contribution in [0.2, 0.25) is 0 Å². The summed E-state index contributed by atoms with van der Waals surface area (Å²) in [5.41, 5.74) is 6.40. The lowest BCUT2D eigenvalue weighted by Crippen LogP contribution is -2.54. The maximum atomic E-state index is 13.1. The molecule has 158 valence electrons. The zero-order chi connectivity index (χ0) is 17.4. The van der Waals surface area contributed by atoms with E-state index in [9.17, 15) is 4.79 Å². The monoisotopic (exact) mass is 421 g/mol. The minimum Gasteiger partial charge on any atom is -0.376 e. The molecule has 2 aliphatic heterocycles. The molecule has 7 heteroatoms. The van der Waals surface area contributed by atoms with E-state index >= 15 is 0 Å². The van der Waals surface area contributed by atoms with Crippen LogP contribution in [-0.4, -0.2) is 66.7 Å². The molecule has 3 atom stereocenters. The molecular formula is C20H37Cl2N3O2. The van der Waals surface area contributed by atoms with Crippen LogP contribution in [-0.2, 0) is 9.53 Å². The Morgan fingerprint density at radius 2 is 1.63 bits per heavy atom. The Kier molecular flexibility index (Phi) is 8.69. The molecule has 0 aromatic heterocycles. The number of fused-ring (bicyclic) bond motifs is 2. The second-order valence-corrected chi connectivity index (χ2v) is 8.93. The average molecular weight is 422 g/mol. The lowest BCUT2D eigenvalue weighted by Gasteiger charge is -2.46. The number of ether oxygens (including phenoxy) is 1. The number of nitrogens with zero attached hydrogens (tertiary/aromatic N) is 2. The van der Waals surface area contributed by atoms with Crippen molar-refractivity contribution in [1.82, 2.24) is 9.80 Å². The van der Waals surface area contributed by atoms with Crippen LogP contribution >= 0.6 is 24.8 Å². The van der Waals surface area contributed by atoms with Gasteiger partial charge in [-0.05, 0) is 57.3 Å². The lowest BCUT2D eigenvalue weighted by atomic mass is 9.65. The van der Waals surface area contributed by atoms with Crippen molar-refractivity contribution in [3.8, 4) is 0 Å². The van der Waals surface area contributed by atoms with E-state index in [1.807, 2.05) is 0 Å². The van der Waals surface area contributed by atoms with E-state index in [4.69, 9.17) is 10.5 Å². The Balaban J connectivity index is 0.00000131. The number of rotatable bonds is 2. The number of carbonyl (C=O) groups excluding carboxylic acids is 1. The molecular weight excluding hydrogens is 385 g/mol. The molecule has 2 N–H and O–H groups in total. The van der Waals surface area contributed by atoms with Crippen molar-refractivity contribution in [2.24, 2.45) is 23.5 Å². The maximum absolute atomic E-state index is 13.1. The van der Waals surface area contributed by atoms with Crippen LogP contribution in [0.3, 0.4) is 0 Å². The minimum atomic E-state index is 0. The highest BCUT2D eigenvalue weighted by atomic mass is 35.5. The van der Waals surface area contributed by atoms with Crippen molar-refractivity contribution in [3.05, 3.63) is 0 Å². The van der Waals surface area contributed by atoms with E-state index in [0.29, 0.717) is 35.9 Å². The summed E-state index contributed by atoms with van der Waals surface area (Å²) in [5, 5.41) is 0. The number of amides is 1. The van der Waals surface area contributed by atoms with Crippen LogP contribution in [0.15, 0.2) is 0 Å². The molecule has 4 aliphatic rings. The normalized spacial score (nSPS) is 37.9. The highest BCUT2D eigenvalue weighted by Gasteiger charge is 2.42. The molecule has 0 aromatic rings. The largest absolute Gasteiger partial charge is 0.376 e. The average Bonchev–Trinajstić information content (AvgIpc) is 2.61. The fourth-order valence-corrected chi connectivity index (χ4v) is 5.88. The van der Waals surface area contributed by atoms with Crippen molar-refractivity contribution in [1.29, 1.82) is 0 Å². The summed E-state index contributed by atoms with van der Waals surface area (Å²) in [6.45, 7) is 6.98. The van der Waals surface area contributed by atoms with Gasteiger partial charge in [0.05, 0.1) is 12.7 Å². The van der Waals surface area contributed by atoms with Crippen LogP contribution in [0.1, 0.15) is 51.9 Å². The Hall–Kier alpha value is -0.0700. The fraction of sp³-hybridized carbons (Fsp3) is 0.950. The molecule has 2 bridgehead atoms. The number of piperidine rings is 1. The van der Waals surface area contributed by atoms with Gasteiger partial charge in [0.1, 0.15) is 0 Å².